The average molecular weight is 482 g/mol. The lowest BCUT2D eigenvalue weighted by atomic mass is 9.91. The number of guanidine groups is 1. The van der Waals surface area contributed by atoms with Crippen LogP contribution in [0.3, 0.4) is 0 Å². The van der Waals surface area contributed by atoms with E-state index in [9.17, 15) is 0 Å². The molecule has 2 heterocycles. The summed E-state index contributed by atoms with van der Waals surface area (Å²) in [5, 5.41) is 5.12. The van der Waals surface area contributed by atoms with Crippen LogP contribution < -0.4 is 5.32 Å². The highest BCUT2D eigenvalue weighted by atomic mass is 15.3. The first-order valence-corrected chi connectivity index (χ1v) is 12.8. The molecule has 5 heteroatoms. The number of nitrogens with one attached hydrogen (secondary N) is 2. The predicted molar refractivity (Wildman–Crippen MR) is 153 cm³/mol. The summed E-state index contributed by atoms with van der Waals surface area (Å²) in [6.07, 6.45) is 8.62. The quantitative estimate of drug-likeness (QED) is 0.234. The van der Waals surface area contributed by atoms with Gasteiger partial charge in [-0.25, -0.2) is 4.99 Å². The number of H-pyrrole nitrogens is 1. The van der Waals surface area contributed by atoms with E-state index in [4.69, 9.17) is 4.99 Å². The molecule has 5 nitrogen and oxygen atoms in total. The van der Waals surface area contributed by atoms with Crippen molar-refractivity contribution in [2.45, 2.75) is 59.9 Å². The number of aromatic amines is 1. The van der Waals surface area contributed by atoms with E-state index in [1.54, 1.807) is 0 Å². The lowest BCUT2D eigenvalue weighted by Crippen LogP contribution is -2.46. The molecular formula is C31H39N5. The normalized spacial score (nSPS) is 16.5. The number of rotatable bonds is 6. The molecule has 0 fully saturated rings. The van der Waals surface area contributed by atoms with Gasteiger partial charge in [0.15, 0.2) is 0 Å². The molecule has 0 saturated heterocycles. The fourth-order valence-electron chi connectivity index (χ4n) is 5.11. The van der Waals surface area contributed by atoms with Crippen LogP contribution in [0.1, 0.15) is 55.1 Å². The molecule has 0 spiro atoms. The standard InChI is InChI=1S/C31H39N5/c1-9-26(19(2)3)23(7)36(8)31(33-22(6)24-14-21(5)17-32-18-24)34-25-11-13-29-28(16-25)27-12-10-20(4)15-30(27)35-29/h9-10,12,14-15,17-19,25,35H,1,6,11,13,16H2,2-5,7-8H3,(H,33,34)/b26-23+. The summed E-state index contributed by atoms with van der Waals surface area (Å²) in [5.74, 6) is 1.16. The van der Waals surface area contributed by atoms with Gasteiger partial charge in [0.05, 0.1) is 5.70 Å². The average Bonchev–Trinajstić information content (AvgIpc) is 3.20. The van der Waals surface area contributed by atoms with Crippen LogP contribution in [0.15, 0.2) is 72.2 Å². The van der Waals surface area contributed by atoms with Gasteiger partial charge in [-0.3, -0.25) is 4.98 Å². The van der Waals surface area contributed by atoms with Gasteiger partial charge in [0.1, 0.15) is 0 Å². The van der Waals surface area contributed by atoms with Crippen LogP contribution in [0, 0.1) is 19.8 Å². The third kappa shape index (κ3) is 5.30. The van der Waals surface area contributed by atoms with Crippen molar-refractivity contribution in [2.24, 2.45) is 10.9 Å². The van der Waals surface area contributed by atoms with E-state index in [2.05, 4.69) is 92.4 Å². The van der Waals surface area contributed by atoms with E-state index in [-0.39, 0.29) is 6.04 Å². The largest absolute Gasteiger partial charge is 0.358 e. The Labute approximate surface area is 215 Å². The maximum absolute atomic E-state index is 5.02. The molecule has 4 rings (SSSR count). The minimum absolute atomic E-state index is 0.265. The number of benzene rings is 1. The van der Waals surface area contributed by atoms with Gasteiger partial charge in [-0.2, -0.15) is 0 Å². The molecule has 2 aromatic heterocycles. The number of hydrogen-bond acceptors (Lipinski definition) is 2. The highest BCUT2D eigenvalue weighted by Gasteiger charge is 2.25. The lowest BCUT2D eigenvalue weighted by molar-refractivity contribution is 0.486. The van der Waals surface area contributed by atoms with Crippen LogP contribution in [0.25, 0.3) is 16.6 Å². The first kappa shape index (κ1) is 25.5. The van der Waals surface area contributed by atoms with Crippen LogP contribution in [0.2, 0.25) is 0 Å². The van der Waals surface area contributed by atoms with Gasteiger partial charge in [0.2, 0.25) is 5.96 Å². The number of hydrogen-bond donors (Lipinski definition) is 2. The molecule has 1 atom stereocenters. The van der Waals surface area contributed by atoms with Gasteiger partial charge >= 0.3 is 0 Å². The Balaban J connectivity index is 1.68. The Hall–Kier alpha value is -3.60. The second-order valence-electron chi connectivity index (χ2n) is 10.3. The Morgan fingerprint density at radius 3 is 2.69 bits per heavy atom. The molecule has 1 unspecified atom stereocenters. The van der Waals surface area contributed by atoms with Crippen molar-refractivity contribution in [3.05, 3.63) is 95.1 Å². The first-order valence-electron chi connectivity index (χ1n) is 12.8. The number of aryl methyl sites for hydroxylation is 3. The molecule has 0 amide bonds. The summed E-state index contributed by atoms with van der Waals surface area (Å²) in [7, 11) is 2.07. The zero-order valence-electron chi connectivity index (χ0n) is 22.6. The van der Waals surface area contributed by atoms with Crippen LogP contribution in [0.4, 0.5) is 0 Å². The Morgan fingerprint density at radius 2 is 2.00 bits per heavy atom. The van der Waals surface area contributed by atoms with Crippen LogP contribution >= 0.6 is 0 Å². The number of aliphatic imine (C=N–C) groups is 1. The molecule has 188 valence electrons. The van der Waals surface area contributed by atoms with E-state index in [0.29, 0.717) is 11.6 Å². The Bertz CT molecular complexity index is 1350. The summed E-state index contributed by atoms with van der Waals surface area (Å²) < 4.78 is 0. The summed E-state index contributed by atoms with van der Waals surface area (Å²) in [6.45, 7) is 19.0. The second-order valence-corrected chi connectivity index (χ2v) is 10.3. The number of aromatic nitrogens is 2. The van der Waals surface area contributed by atoms with E-state index >= 15 is 0 Å². The fourth-order valence-corrected chi connectivity index (χ4v) is 5.11. The van der Waals surface area contributed by atoms with Crippen molar-refractivity contribution in [2.75, 3.05) is 7.05 Å². The smallest absolute Gasteiger partial charge is 0.203 e. The molecule has 0 saturated carbocycles. The van der Waals surface area contributed by atoms with Crippen molar-refractivity contribution < 1.29 is 0 Å². The number of nitrogens with zero attached hydrogens (tertiary/aromatic N) is 3. The lowest BCUT2D eigenvalue weighted by Gasteiger charge is -2.31. The van der Waals surface area contributed by atoms with Gasteiger partial charge < -0.3 is 15.2 Å². The molecule has 36 heavy (non-hydrogen) atoms. The third-order valence-corrected chi connectivity index (χ3v) is 7.21. The minimum atomic E-state index is 0.265. The van der Waals surface area contributed by atoms with Gasteiger partial charge in [0, 0.05) is 53.3 Å². The topological polar surface area (TPSA) is 56.3 Å². The number of allylic oxidation sites excluding steroid dienone is 3. The number of fused-ring (bicyclic) bond motifs is 3. The summed E-state index contributed by atoms with van der Waals surface area (Å²) in [4.78, 5) is 15.2. The third-order valence-electron chi connectivity index (χ3n) is 7.21. The summed E-state index contributed by atoms with van der Waals surface area (Å²) in [5.41, 5.74) is 10.3. The first-order chi connectivity index (χ1) is 17.2. The molecular weight excluding hydrogens is 442 g/mol. The zero-order valence-corrected chi connectivity index (χ0v) is 22.6. The summed E-state index contributed by atoms with van der Waals surface area (Å²) >= 11 is 0. The van der Waals surface area contributed by atoms with E-state index < -0.39 is 0 Å². The molecule has 1 aliphatic carbocycles. The Kier molecular flexibility index (Phi) is 7.48. The monoisotopic (exact) mass is 481 g/mol. The van der Waals surface area contributed by atoms with Crippen molar-refractivity contribution >= 4 is 22.6 Å². The molecule has 0 radical (unpaired) electrons. The maximum Gasteiger partial charge on any atom is 0.203 e. The van der Waals surface area contributed by atoms with Gasteiger partial charge in [0.25, 0.3) is 0 Å². The SMILES string of the molecule is C=C/C(=C(/C)N(C)/C(=N\C(=C)c1cncc(C)c1)NC1CCc2[nH]c3cc(C)ccc3c2C1)C(C)C. The van der Waals surface area contributed by atoms with Gasteiger partial charge in [-0.15, -0.1) is 0 Å². The highest BCUT2D eigenvalue weighted by molar-refractivity contribution is 5.88. The molecule has 1 aromatic carbocycles. The van der Waals surface area contributed by atoms with Gasteiger partial charge in [-0.05, 0) is 80.3 Å². The zero-order chi connectivity index (χ0) is 26.0. The van der Waals surface area contributed by atoms with E-state index in [1.165, 1.54) is 33.3 Å². The van der Waals surface area contributed by atoms with Crippen molar-refractivity contribution in [1.82, 2.24) is 20.2 Å². The van der Waals surface area contributed by atoms with Gasteiger partial charge in [-0.1, -0.05) is 45.2 Å². The number of pyridine rings is 1. The van der Waals surface area contributed by atoms with Crippen molar-refractivity contribution in [3.8, 4) is 0 Å². The van der Waals surface area contributed by atoms with Crippen LogP contribution in [-0.2, 0) is 12.8 Å². The molecule has 0 aliphatic heterocycles. The van der Waals surface area contributed by atoms with Crippen LogP contribution in [-0.4, -0.2) is 33.9 Å². The van der Waals surface area contributed by atoms with E-state index in [1.807, 2.05) is 25.4 Å². The maximum atomic E-state index is 5.02. The fraction of sp³-hybridized carbons (Fsp3) is 0.355. The van der Waals surface area contributed by atoms with E-state index in [0.717, 1.165) is 42.0 Å². The minimum Gasteiger partial charge on any atom is -0.358 e. The molecule has 2 N–H and O–H groups in total. The Morgan fingerprint density at radius 1 is 1.22 bits per heavy atom. The predicted octanol–water partition coefficient (Wildman–Crippen LogP) is 6.70. The van der Waals surface area contributed by atoms with Crippen molar-refractivity contribution in [3.63, 3.8) is 0 Å². The van der Waals surface area contributed by atoms with Crippen molar-refractivity contribution in [1.29, 1.82) is 0 Å². The molecule has 0 bridgehead atoms. The van der Waals surface area contributed by atoms with Crippen LogP contribution in [0.5, 0.6) is 0 Å². The molecule has 3 aromatic rings. The second kappa shape index (κ2) is 10.6. The molecule has 1 aliphatic rings. The highest BCUT2D eigenvalue weighted by Crippen LogP contribution is 2.30. The summed E-state index contributed by atoms with van der Waals surface area (Å²) in [6, 6.07) is 9.03.